The lowest BCUT2D eigenvalue weighted by Gasteiger charge is -2.13. The van der Waals surface area contributed by atoms with Crippen LogP contribution in [-0.2, 0) is 0 Å². The van der Waals surface area contributed by atoms with Crippen molar-refractivity contribution in [3.63, 3.8) is 0 Å². The third-order valence-corrected chi connectivity index (χ3v) is 8.02. The molecule has 2 nitrogen and oxygen atoms in total. The van der Waals surface area contributed by atoms with Crippen molar-refractivity contribution in [3.8, 4) is 0 Å². The molecule has 3 heterocycles. The first-order valence-electron chi connectivity index (χ1n) is 12.5. The zero-order valence-corrected chi connectivity index (χ0v) is 19.4. The fourth-order valence-electron chi connectivity index (χ4n) is 6.61. The molecule has 0 N–H and O–H groups in total. The average Bonchev–Trinajstić information content (AvgIpc) is 3.45. The van der Waals surface area contributed by atoms with E-state index in [0.717, 1.165) is 0 Å². The molecule has 0 aliphatic rings. The van der Waals surface area contributed by atoms with Gasteiger partial charge in [0.25, 0.3) is 0 Å². The fraction of sp³-hybridized carbons (Fsp3) is 0. The number of fused-ring (bicyclic) bond motifs is 12. The van der Waals surface area contributed by atoms with Gasteiger partial charge >= 0.3 is 0 Å². The zero-order valence-electron chi connectivity index (χ0n) is 19.4. The Bertz CT molecular complexity index is 2370. The molecule has 3 aromatic heterocycles. The highest BCUT2D eigenvalue weighted by molar-refractivity contribution is 6.26. The number of para-hydroxylation sites is 4. The molecule has 0 aliphatic heterocycles. The van der Waals surface area contributed by atoms with E-state index in [1.807, 2.05) is 0 Å². The summed E-state index contributed by atoms with van der Waals surface area (Å²) in [6, 6.07) is 44.6. The van der Waals surface area contributed by atoms with E-state index >= 15 is 0 Å². The van der Waals surface area contributed by atoms with Gasteiger partial charge in [0, 0.05) is 37.7 Å². The first-order valence-corrected chi connectivity index (χ1v) is 12.5. The molecular formula is C34H20N2. The maximum absolute atomic E-state index is 2.52. The van der Waals surface area contributed by atoms with Gasteiger partial charge in [-0.3, -0.25) is 0 Å². The highest BCUT2D eigenvalue weighted by atomic mass is 15.0. The number of nitrogens with zero attached hydrogens (tertiary/aromatic N) is 2. The molecule has 0 amide bonds. The molecule has 2 heteroatoms. The monoisotopic (exact) mass is 456 g/mol. The summed E-state index contributed by atoms with van der Waals surface area (Å²) in [7, 11) is 0. The van der Waals surface area contributed by atoms with Crippen molar-refractivity contribution in [2.45, 2.75) is 0 Å². The lowest BCUT2D eigenvalue weighted by molar-refractivity contribution is 1.30. The minimum Gasteiger partial charge on any atom is -0.306 e. The van der Waals surface area contributed by atoms with Crippen molar-refractivity contribution in [1.29, 1.82) is 0 Å². The van der Waals surface area contributed by atoms with Gasteiger partial charge in [0.1, 0.15) is 0 Å². The van der Waals surface area contributed by atoms with Crippen LogP contribution in [0.1, 0.15) is 0 Å². The van der Waals surface area contributed by atoms with Crippen molar-refractivity contribution in [3.05, 3.63) is 121 Å². The Morgan fingerprint density at radius 2 is 0.750 bits per heavy atom. The molecule has 0 bridgehead atoms. The van der Waals surface area contributed by atoms with Crippen LogP contribution in [0.3, 0.4) is 0 Å². The highest BCUT2D eigenvalue weighted by Crippen LogP contribution is 2.41. The van der Waals surface area contributed by atoms with Gasteiger partial charge in [-0.25, -0.2) is 0 Å². The van der Waals surface area contributed by atoms with Crippen LogP contribution in [0.4, 0.5) is 0 Å². The molecule has 0 atom stereocenters. The molecule has 0 spiro atoms. The summed E-state index contributed by atoms with van der Waals surface area (Å²) in [5.41, 5.74) is 7.50. The van der Waals surface area contributed by atoms with Gasteiger partial charge < -0.3 is 8.80 Å². The van der Waals surface area contributed by atoms with Crippen molar-refractivity contribution >= 4 is 76.2 Å². The second-order valence-electron chi connectivity index (χ2n) is 9.76. The van der Waals surface area contributed by atoms with Crippen LogP contribution in [0.25, 0.3) is 76.2 Å². The Kier molecular flexibility index (Phi) is 3.31. The molecular weight excluding hydrogens is 436 g/mol. The highest BCUT2D eigenvalue weighted by Gasteiger charge is 2.19. The fourth-order valence-corrected chi connectivity index (χ4v) is 6.61. The van der Waals surface area contributed by atoms with Crippen LogP contribution in [0.15, 0.2) is 121 Å². The normalized spacial score (nSPS) is 12.4. The van der Waals surface area contributed by atoms with Gasteiger partial charge in [0.15, 0.2) is 0 Å². The van der Waals surface area contributed by atoms with Gasteiger partial charge in [-0.2, -0.15) is 0 Å². The lowest BCUT2D eigenvalue weighted by atomic mass is 10.0. The van der Waals surface area contributed by atoms with Crippen LogP contribution < -0.4 is 0 Å². The van der Waals surface area contributed by atoms with Gasteiger partial charge in [0.2, 0.25) is 0 Å². The SMILES string of the molecule is c1ccc2c(c1)ccc1c3cccc4c5ccccc5n(c5cccc6c7ccccc7n(c21)c65)c43. The molecule has 0 saturated heterocycles. The predicted octanol–water partition coefficient (Wildman–Crippen LogP) is 9.11. The van der Waals surface area contributed by atoms with E-state index in [0.29, 0.717) is 0 Å². The summed E-state index contributed by atoms with van der Waals surface area (Å²) in [6.45, 7) is 0. The molecule has 0 fully saturated rings. The first kappa shape index (κ1) is 18.5. The number of rotatable bonds is 0. The summed E-state index contributed by atoms with van der Waals surface area (Å²) < 4.78 is 5.02. The van der Waals surface area contributed by atoms with Gasteiger partial charge in [0.05, 0.1) is 33.1 Å². The van der Waals surface area contributed by atoms with Gasteiger partial charge in [-0.1, -0.05) is 103 Å². The molecule has 36 heavy (non-hydrogen) atoms. The van der Waals surface area contributed by atoms with E-state index in [9.17, 15) is 0 Å². The smallest absolute Gasteiger partial charge is 0.0782 e. The molecule has 166 valence electrons. The summed E-state index contributed by atoms with van der Waals surface area (Å²) >= 11 is 0. The molecule has 0 aliphatic carbocycles. The van der Waals surface area contributed by atoms with Crippen molar-refractivity contribution in [1.82, 2.24) is 8.80 Å². The van der Waals surface area contributed by atoms with Crippen LogP contribution >= 0.6 is 0 Å². The first-order chi connectivity index (χ1) is 17.9. The van der Waals surface area contributed by atoms with Crippen molar-refractivity contribution < 1.29 is 0 Å². The van der Waals surface area contributed by atoms with Crippen LogP contribution in [0, 0.1) is 0 Å². The van der Waals surface area contributed by atoms with Crippen molar-refractivity contribution in [2.75, 3.05) is 0 Å². The molecule has 0 unspecified atom stereocenters. The maximum Gasteiger partial charge on any atom is 0.0782 e. The predicted molar refractivity (Wildman–Crippen MR) is 153 cm³/mol. The summed E-state index contributed by atoms with van der Waals surface area (Å²) in [6.07, 6.45) is 0. The van der Waals surface area contributed by atoms with Crippen LogP contribution in [0.2, 0.25) is 0 Å². The maximum atomic E-state index is 2.52. The number of benzene rings is 6. The van der Waals surface area contributed by atoms with E-state index in [1.165, 1.54) is 76.2 Å². The molecule has 9 aromatic rings. The van der Waals surface area contributed by atoms with E-state index in [-0.39, 0.29) is 0 Å². The second-order valence-corrected chi connectivity index (χ2v) is 9.76. The molecule has 0 radical (unpaired) electrons. The largest absolute Gasteiger partial charge is 0.306 e. The minimum atomic E-state index is 1.22. The summed E-state index contributed by atoms with van der Waals surface area (Å²) in [5.74, 6) is 0. The molecule has 9 rings (SSSR count). The third-order valence-electron chi connectivity index (χ3n) is 8.02. The zero-order chi connectivity index (χ0) is 23.4. The minimum absolute atomic E-state index is 1.22. The third kappa shape index (κ3) is 2.09. The number of hydrogen-bond donors (Lipinski definition) is 0. The quantitative estimate of drug-likeness (QED) is 0.215. The van der Waals surface area contributed by atoms with Gasteiger partial charge in [-0.05, 0) is 23.6 Å². The summed E-state index contributed by atoms with van der Waals surface area (Å²) in [5, 5.41) is 10.2. The summed E-state index contributed by atoms with van der Waals surface area (Å²) in [4.78, 5) is 0. The molecule has 0 saturated carbocycles. The van der Waals surface area contributed by atoms with E-state index < -0.39 is 0 Å². The number of aromatic nitrogens is 2. The van der Waals surface area contributed by atoms with Crippen LogP contribution in [0.5, 0.6) is 0 Å². The van der Waals surface area contributed by atoms with E-state index in [4.69, 9.17) is 0 Å². The Labute approximate surface area is 206 Å². The average molecular weight is 457 g/mol. The lowest BCUT2D eigenvalue weighted by Crippen LogP contribution is -1.94. The van der Waals surface area contributed by atoms with Crippen molar-refractivity contribution in [2.24, 2.45) is 0 Å². The van der Waals surface area contributed by atoms with E-state index in [1.54, 1.807) is 0 Å². The Hall–Kier alpha value is -4.82. The Morgan fingerprint density at radius 3 is 1.53 bits per heavy atom. The second kappa shape index (κ2) is 6.44. The number of hydrogen-bond acceptors (Lipinski definition) is 0. The van der Waals surface area contributed by atoms with Crippen LogP contribution in [-0.4, -0.2) is 8.80 Å². The van der Waals surface area contributed by atoms with Gasteiger partial charge in [-0.15, -0.1) is 0 Å². The van der Waals surface area contributed by atoms with E-state index in [2.05, 4.69) is 130 Å². The molecule has 6 aromatic carbocycles. The standard InChI is InChI=1S/C34H20N2/c1-2-10-22-21(9-1)19-20-28-27-14-7-13-25-23-11-3-5-16-29(23)35(33(25)27)31-18-8-15-26-24-12-4-6-17-30(24)36(32(22)28)34(26)31/h1-20H. The Morgan fingerprint density at radius 1 is 0.278 bits per heavy atom. The topological polar surface area (TPSA) is 8.82 Å². The Balaban J connectivity index is 1.83.